The summed E-state index contributed by atoms with van der Waals surface area (Å²) < 4.78 is 0. The zero-order chi connectivity index (χ0) is 12.4. The minimum absolute atomic E-state index is 0.297. The quantitative estimate of drug-likeness (QED) is 0.711. The average Bonchev–Trinajstić information content (AvgIpc) is 3.26. The summed E-state index contributed by atoms with van der Waals surface area (Å²) in [5, 5.41) is 3.80. The number of amides is 1. The molecule has 1 atom stereocenters. The lowest BCUT2D eigenvalue weighted by Gasteiger charge is -2.51. The van der Waals surface area contributed by atoms with Gasteiger partial charge in [-0.25, -0.2) is 0 Å². The fourth-order valence-electron chi connectivity index (χ4n) is 4.31. The molecule has 1 N–H and O–H groups in total. The first-order valence-corrected chi connectivity index (χ1v) is 7.61. The van der Waals surface area contributed by atoms with Gasteiger partial charge in [-0.2, -0.15) is 0 Å². The first-order valence-electron chi connectivity index (χ1n) is 7.61. The standard InChI is InChI=1S/C15H24N2O/c1-12(18)17-11-13(3-7-15(17)8-9-15)2-4-14(5-6-14)16-10-13/h16H,2-11H2,1H3. The molecule has 2 heterocycles. The summed E-state index contributed by atoms with van der Waals surface area (Å²) in [6, 6.07) is 0. The van der Waals surface area contributed by atoms with Crippen LogP contribution < -0.4 is 5.32 Å². The number of carbonyl (C=O) groups is 1. The van der Waals surface area contributed by atoms with E-state index in [0.29, 0.717) is 22.4 Å². The molecule has 100 valence electrons. The summed E-state index contributed by atoms with van der Waals surface area (Å²) in [4.78, 5) is 14.2. The van der Waals surface area contributed by atoms with E-state index in [2.05, 4.69) is 10.2 Å². The van der Waals surface area contributed by atoms with Crippen LogP contribution in [-0.2, 0) is 4.79 Å². The Labute approximate surface area is 109 Å². The highest BCUT2D eigenvalue weighted by Crippen LogP contribution is 2.56. The van der Waals surface area contributed by atoms with Crippen molar-refractivity contribution in [2.24, 2.45) is 5.41 Å². The molecular formula is C15H24N2O. The topological polar surface area (TPSA) is 32.3 Å². The summed E-state index contributed by atoms with van der Waals surface area (Å²) in [7, 11) is 0. The van der Waals surface area contributed by atoms with Crippen LogP contribution >= 0.6 is 0 Å². The van der Waals surface area contributed by atoms with Crippen molar-refractivity contribution in [3.63, 3.8) is 0 Å². The van der Waals surface area contributed by atoms with Gasteiger partial charge >= 0.3 is 0 Å². The second-order valence-corrected chi connectivity index (χ2v) is 7.46. The van der Waals surface area contributed by atoms with Gasteiger partial charge in [-0.15, -0.1) is 0 Å². The van der Waals surface area contributed by atoms with Gasteiger partial charge in [0.15, 0.2) is 0 Å². The summed E-state index contributed by atoms with van der Waals surface area (Å²) in [5.41, 5.74) is 1.22. The van der Waals surface area contributed by atoms with Crippen LogP contribution in [0.4, 0.5) is 0 Å². The third-order valence-corrected chi connectivity index (χ3v) is 6.22. The van der Waals surface area contributed by atoms with Gasteiger partial charge in [0.25, 0.3) is 0 Å². The Morgan fingerprint density at radius 3 is 2.11 bits per heavy atom. The molecule has 18 heavy (non-hydrogen) atoms. The second-order valence-electron chi connectivity index (χ2n) is 7.46. The van der Waals surface area contributed by atoms with Gasteiger partial charge in [-0.1, -0.05) is 0 Å². The molecule has 2 aliphatic heterocycles. The van der Waals surface area contributed by atoms with Gasteiger partial charge in [-0.05, 0) is 51.4 Å². The van der Waals surface area contributed by atoms with E-state index >= 15 is 0 Å². The first kappa shape index (κ1) is 11.3. The van der Waals surface area contributed by atoms with Crippen molar-refractivity contribution in [1.29, 1.82) is 0 Å². The largest absolute Gasteiger partial charge is 0.337 e. The molecular weight excluding hydrogens is 224 g/mol. The number of piperidine rings is 2. The SMILES string of the molecule is CC(=O)N1CC2(CCC3(CC3)NC2)CCC12CC2. The molecule has 1 amide bonds. The Hall–Kier alpha value is -0.570. The predicted molar refractivity (Wildman–Crippen MR) is 70.2 cm³/mol. The van der Waals surface area contributed by atoms with Crippen molar-refractivity contribution >= 4 is 5.91 Å². The number of nitrogens with one attached hydrogen (secondary N) is 1. The lowest BCUT2D eigenvalue weighted by molar-refractivity contribution is -0.138. The number of hydrogen-bond acceptors (Lipinski definition) is 2. The fourth-order valence-corrected chi connectivity index (χ4v) is 4.31. The number of rotatable bonds is 0. The molecule has 4 fully saturated rings. The van der Waals surface area contributed by atoms with Gasteiger partial charge < -0.3 is 10.2 Å². The monoisotopic (exact) mass is 248 g/mol. The molecule has 4 aliphatic rings. The summed E-state index contributed by atoms with van der Waals surface area (Å²) >= 11 is 0. The normalized spacial score (nSPS) is 39.3. The molecule has 0 aromatic heterocycles. The van der Waals surface area contributed by atoms with Crippen LogP contribution in [0, 0.1) is 5.41 Å². The average molecular weight is 248 g/mol. The Bertz CT molecular complexity index is 380. The number of likely N-dealkylation sites (tertiary alicyclic amines) is 1. The van der Waals surface area contributed by atoms with Gasteiger partial charge in [0, 0.05) is 36.5 Å². The molecule has 0 aromatic carbocycles. The molecule has 0 bridgehead atoms. The molecule has 2 saturated carbocycles. The molecule has 3 heteroatoms. The van der Waals surface area contributed by atoms with Crippen LogP contribution in [0.15, 0.2) is 0 Å². The highest BCUT2D eigenvalue weighted by Gasteiger charge is 2.57. The van der Waals surface area contributed by atoms with E-state index in [9.17, 15) is 4.79 Å². The van der Waals surface area contributed by atoms with Crippen LogP contribution in [0.1, 0.15) is 58.3 Å². The lowest BCUT2D eigenvalue weighted by atomic mass is 9.70. The second kappa shape index (κ2) is 3.30. The van der Waals surface area contributed by atoms with Gasteiger partial charge in [0.05, 0.1) is 0 Å². The van der Waals surface area contributed by atoms with Gasteiger partial charge in [-0.3, -0.25) is 4.79 Å². The van der Waals surface area contributed by atoms with Crippen LogP contribution in [0.5, 0.6) is 0 Å². The predicted octanol–water partition coefficient (Wildman–Crippen LogP) is 2.06. The molecule has 3 spiro atoms. The smallest absolute Gasteiger partial charge is 0.219 e. The van der Waals surface area contributed by atoms with Crippen LogP contribution in [0.25, 0.3) is 0 Å². The maximum Gasteiger partial charge on any atom is 0.219 e. The molecule has 2 aliphatic carbocycles. The van der Waals surface area contributed by atoms with Crippen molar-refractivity contribution in [3.05, 3.63) is 0 Å². The van der Waals surface area contributed by atoms with Crippen molar-refractivity contribution in [3.8, 4) is 0 Å². The Balaban J connectivity index is 1.51. The van der Waals surface area contributed by atoms with Crippen molar-refractivity contribution in [1.82, 2.24) is 10.2 Å². The number of nitrogens with zero attached hydrogens (tertiary/aromatic N) is 1. The summed E-state index contributed by atoms with van der Waals surface area (Å²) in [6.07, 6.45) is 10.5. The molecule has 0 radical (unpaired) electrons. The van der Waals surface area contributed by atoms with E-state index in [1.165, 1.54) is 51.4 Å². The maximum absolute atomic E-state index is 11.9. The number of carbonyl (C=O) groups excluding carboxylic acids is 1. The van der Waals surface area contributed by atoms with Crippen LogP contribution in [0.3, 0.4) is 0 Å². The Kier molecular flexibility index (Phi) is 2.07. The highest BCUT2D eigenvalue weighted by molar-refractivity contribution is 5.75. The zero-order valence-electron chi connectivity index (χ0n) is 11.4. The van der Waals surface area contributed by atoms with E-state index in [1.807, 2.05) is 0 Å². The van der Waals surface area contributed by atoms with E-state index < -0.39 is 0 Å². The number of hydrogen-bond donors (Lipinski definition) is 1. The van der Waals surface area contributed by atoms with Crippen molar-refractivity contribution in [2.75, 3.05) is 13.1 Å². The van der Waals surface area contributed by atoms with Gasteiger partial charge in [0.2, 0.25) is 5.91 Å². The molecule has 4 rings (SSSR count). The van der Waals surface area contributed by atoms with E-state index in [1.54, 1.807) is 6.92 Å². The van der Waals surface area contributed by atoms with Crippen LogP contribution in [0.2, 0.25) is 0 Å². The third kappa shape index (κ3) is 1.56. The van der Waals surface area contributed by atoms with Crippen molar-refractivity contribution < 1.29 is 4.79 Å². The molecule has 2 saturated heterocycles. The molecule has 1 unspecified atom stereocenters. The lowest BCUT2D eigenvalue weighted by Crippen LogP contribution is -2.58. The van der Waals surface area contributed by atoms with E-state index in [-0.39, 0.29) is 0 Å². The Morgan fingerprint density at radius 2 is 1.61 bits per heavy atom. The van der Waals surface area contributed by atoms with Crippen LogP contribution in [-0.4, -0.2) is 35.0 Å². The minimum atomic E-state index is 0.297. The zero-order valence-corrected chi connectivity index (χ0v) is 11.4. The molecule has 3 nitrogen and oxygen atoms in total. The molecule has 0 aromatic rings. The van der Waals surface area contributed by atoms with Gasteiger partial charge in [0.1, 0.15) is 0 Å². The Morgan fingerprint density at radius 1 is 1.00 bits per heavy atom. The fraction of sp³-hybridized carbons (Fsp3) is 0.933. The summed E-state index contributed by atoms with van der Waals surface area (Å²) in [6.45, 7) is 3.93. The highest BCUT2D eigenvalue weighted by atomic mass is 16.2. The first-order chi connectivity index (χ1) is 8.57. The maximum atomic E-state index is 11.9. The summed E-state index contributed by atoms with van der Waals surface area (Å²) in [5.74, 6) is 0.304. The van der Waals surface area contributed by atoms with E-state index in [4.69, 9.17) is 0 Å². The van der Waals surface area contributed by atoms with Crippen molar-refractivity contribution in [2.45, 2.75) is 69.4 Å². The minimum Gasteiger partial charge on any atom is -0.337 e. The van der Waals surface area contributed by atoms with E-state index in [0.717, 1.165) is 13.1 Å². The third-order valence-electron chi connectivity index (χ3n) is 6.22.